The number of hydrogen-bond acceptors (Lipinski definition) is 6. The molecule has 38 heavy (non-hydrogen) atoms. The molecule has 3 atom stereocenters. The molecule has 212 valence electrons. The van der Waals surface area contributed by atoms with E-state index in [2.05, 4.69) is 15.6 Å². The monoisotopic (exact) mass is 548 g/mol. The SMILES string of the molecule is C[C@@H]1CC[C@H](NC(=O)C2(NC(=O)CCC3CCCCC3)CCCCC2)C(O)CN1S(=O)(=O)c1ccccn1. The number of nitrogens with one attached hydrogen (secondary N) is 2. The number of sulfonamides is 1. The molecule has 0 radical (unpaired) electrons. The van der Waals surface area contributed by atoms with Crippen molar-refractivity contribution in [3.8, 4) is 0 Å². The first-order chi connectivity index (χ1) is 18.2. The van der Waals surface area contributed by atoms with E-state index in [0.29, 0.717) is 38.0 Å². The highest BCUT2D eigenvalue weighted by atomic mass is 32.2. The summed E-state index contributed by atoms with van der Waals surface area (Å²) in [6, 6.07) is 3.76. The molecule has 2 aliphatic carbocycles. The van der Waals surface area contributed by atoms with Gasteiger partial charge in [-0.3, -0.25) is 9.59 Å². The summed E-state index contributed by atoms with van der Waals surface area (Å²) in [7, 11) is -3.89. The molecule has 2 heterocycles. The van der Waals surface area contributed by atoms with Gasteiger partial charge >= 0.3 is 0 Å². The summed E-state index contributed by atoms with van der Waals surface area (Å²) in [5, 5.41) is 17.1. The number of nitrogens with zero attached hydrogens (tertiary/aromatic N) is 2. The Bertz CT molecular complexity index is 1040. The molecule has 2 amide bonds. The molecule has 1 aliphatic heterocycles. The minimum Gasteiger partial charge on any atom is -0.390 e. The Morgan fingerprint density at radius 3 is 2.45 bits per heavy atom. The molecule has 0 bridgehead atoms. The number of rotatable bonds is 8. The third-order valence-electron chi connectivity index (χ3n) is 8.77. The second kappa shape index (κ2) is 12.9. The third kappa shape index (κ3) is 6.93. The molecule has 10 heteroatoms. The van der Waals surface area contributed by atoms with Gasteiger partial charge in [-0.2, -0.15) is 4.31 Å². The highest BCUT2D eigenvalue weighted by Crippen LogP contribution is 2.31. The summed E-state index contributed by atoms with van der Waals surface area (Å²) in [6.45, 7) is 1.68. The zero-order valence-electron chi connectivity index (χ0n) is 22.6. The van der Waals surface area contributed by atoms with Crippen molar-refractivity contribution in [1.29, 1.82) is 0 Å². The predicted octanol–water partition coefficient (Wildman–Crippen LogP) is 3.28. The van der Waals surface area contributed by atoms with Crippen molar-refractivity contribution >= 4 is 21.8 Å². The van der Waals surface area contributed by atoms with Crippen LogP contribution >= 0.6 is 0 Å². The van der Waals surface area contributed by atoms with Crippen LogP contribution in [-0.4, -0.2) is 64.9 Å². The first kappa shape index (κ1) is 29.0. The van der Waals surface area contributed by atoms with E-state index in [0.717, 1.165) is 25.7 Å². The number of aromatic nitrogens is 1. The fourth-order valence-corrected chi connectivity index (χ4v) is 8.00. The molecule has 0 aromatic carbocycles. The van der Waals surface area contributed by atoms with E-state index >= 15 is 0 Å². The third-order valence-corrected chi connectivity index (χ3v) is 10.7. The van der Waals surface area contributed by atoms with E-state index in [1.807, 2.05) is 6.92 Å². The lowest BCUT2D eigenvalue weighted by atomic mass is 9.80. The fraction of sp³-hybridized carbons (Fsp3) is 0.750. The number of aliphatic hydroxyl groups is 1. The van der Waals surface area contributed by atoms with Crippen molar-refractivity contribution < 1.29 is 23.1 Å². The Balaban J connectivity index is 1.41. The molecular weight excluding hydrogens is 504 g/mol. The Labute approximate surface area is 227 Å². The van der Waals surface area contributed by atoms with Gasteiger partial charge in [-0.15, -0.1) is 0 Å². The summed E-state index contributed by atoms with van der Waals surface area (Å²) >= 11 is 0. The van der Waals surface area contributed by atoms with Crippen LogP contribution in [0.3, 0.4) is 0 Å². The lowest BCUT2D eigenvalue weighted by Gasteiger charge is -2.38. The van der Waals surface area contributed by atoms with E-state index in [9.17, 15) is 23.1 Å². The molecule has 3 fully saturated rings. The van der Waals surface area contributed by atoms with Crippen molar-refractivity contribution in [3.63, 3.8) is 0 Å². The molecule has 9 nitrogen and oxygen atoms in total. The Hall–Kier alpha value is -2.04. The van der Waals surface area contributed by atoms with Crippen LogP contribution in [0.5, 0.6) is 0 Å². The minimum atomic E-state index is -3.89. The quantitative estimate of drug-likeness (QED) is 0.457. The van der Waals surface area contributed by atoms with Gasteiger partial charge in [0, 0.05) is 25.2 Å². The average Bonchev–Trinajstić information content (AvgIpc) is 3.07. The topological polar surface area (TPSA) is 129 Å². The van der Waals surface area contributed by atoms with Gasteiger partial charge in [0.2, 0.25) is 11.8 Å². The van der Waals surface area contributed by atoms with E-state index in [1.54, 1.807) is 12.1 Å². The first-order valence-electron chi connectivity index (χ1n) is 14.4. The standard InChI is InChI=1S/C28H44N4O5S/c1-21-13-15-23(24(33)20-32(21)38(36,37)26-12-6-9-19-29-26)30-27(35)28(17-7-3-8-18-28)31-25(34)16-14-22-10-4-2-5-11-22/h6,9,12,19,21-24,33H,2-5,7-8,10-11,13-18,20H2,1H3,(H,30,35)(H,31,34)/t21-,23+,24?/m1/s1. The van der Waals surface area contributed by atoms with Gasteiger partial charge in [-0.1, -0.05) is 57.4 Å². The summed E-state index contributed by atoms with van der Waals surface area (Å²) in [6.07, 6.45) is 12.6. The average molecular weight is 549 g/mol. The van der Waals surface area contributed by atoms with Crippen LogP contribution in [0, 0.1) is 5.92 Å². The highest BCUT2D eigenvalue weighted by molar-refractivity contribution is 7.89. The van der Waals surface area contributed by atoms with Crippen LogP contribution in [0.2, 0.25) is 0 Å². The van der Waals surface area contributed by atoms with Crippen molar-refractivity contribution in [2.24, 2.45) is 5.92 Å². The van der Waals surface area contributed by atoms with Crippen molar-refractivity contribution in [2.75, 3.05) is 6.54 Å². The number of amides is 2. The molecule has 1 aromatic rings. The maximum Gasteiger partial charge on any atom is 0.260 e. The van der Waals surface area contributed by atoms with E-state index in [-0.39, 0.29) is 29.4 Å². The lowest BCUT2D eigenvalue weighted by Crippen LogP contribution is -2.62. The molecular formula is C28H44N4O5S. The van der Waals surface area contributed by atoms with Crippen molar-refractivity contribution in [3.05, 3.63) is 24.4 Å². The van der Waals surface area contributed by atoms with Crippen LogP contribution in [0.1, 0.15) is 96.8 Å². The normalized spacial score (nSPS) is 27.3. The summed E-state index contributed by atoms with van der Waals surface area (Å²) < 4.78 is 27.8. The summed E-state index contributed by atoms with van der Waals surface area (Å²) in [4.78, 5) is 30.7. The minimum absolute atomic E-state index is 0.0568. The van der Waals surface area contributed by atoms with E-state index in [1.165, 1.54) is 48.7 Å². The van der Waals surface area contributed by atoms with Gasteiger partial charge < -0.3 is 15.7 Å². The second-order valence-corrected chi connectivity index (χ2v) is 13.4. The molecule has 3 N–H and O–H groups in total. The number of hydrogen-bond donors (Lipinski definition) is 3. The zero-order valence-corrected chi connectivity index (χ0v) is 23.4. The predicted molar refractivity (Wildman–Crippen MR) is 145 cm³/mol. The van der Waals surface area contributed by atoms with E-state index < -0.39 is 27.7 Å². The summed E-state index contributed by atoms with van der Waals surface area (Å²) in [5.41, 5.74) is -0.973. The van der Waals surface area contributed by atoms with Gasteiger partial charge in [0.05, 0.1) is 12.1 Å². The molecule has 1 aromatic heterocycles. The number of β-amino-alcohol motifs (C(OH)–C–C–N with tert-alkyl or cyclic N) is 1. The van der Waals surface area contributed by atoms with Gasteiger partial charge in [-0.05, 0) is 57.1 Å². The smallest absolute Gasteiger partial charge is 0.260 e. The fourth-order valence-electron chi connectivity index (χ4n) is 6.38. The largest absolute Gasteiger partial charge is 0.390 e. The number of aliphatic hydroxyl groups excluding tert-OH is 1. The number of pyridine rings is 1. The van der Waals surface area contributed by atoms with Crippen LogP contribution < -0.4 is 10.6 Å². The number of carbonyl (C=O) groups is 2. The Morgan fingerprint density at radius 1 is 1.05 bits per heavy atom. The Morgan fingerprint density at radius 2 is 1.76 bits per heavy atom. The number of carbonyl (C=O) groups excluding carboxylic acids is 2. The molecule has 3 aliphatic rings. The van der Waals surface area contributed by atoms with Crippen LogP contribution in [-0.2, 0) is 19.6 Å². The Kier molecular flexibility index (Phi) is 9.81. The zero-order chi connectivity index (χ0) is 27.2. The van der Waals surface area contributed by atoms with Crippen LogP contribution in [0.25, 0.3) is 0 Å². The van der Waals surface area contributed by atoms with Gasteiger partial charge in [-0.25, -0.2) is 13.4 Å². The van der Waals surface area contributed by atoms with Gasteiger partial charge in [0.15, 0.2) is 5.03 Å². The molecule has 2 saturated carbocycles. The maximum atomic E-state index is 13.7. The van der Waals surface area contributed by atoms with E-state index in [4.69, 9.17) is 0 Å². The molecule has 0 spiro atoms. The van der Waals surface area contributed by atoms with Gasteiger partial charge in [0.25, 0.3) is 10.0 Å². The maximum absolute atomic E-state index is 13.7. The molecule has 4 rings (SSSR count). The highest BCUT2D eigenvalue weighted by Gasteiger charge is 2.44. The second-order valence-electron chi connectivity index (χ2n) is 11.6. The first-order valence-corrected chi connectivity index (χ1v) is 15.9. The van der Waals surface area contributed by atoms with Crippen LogP contribution in [0.15, 0.2) is 29.4 Å². The lowest BCUT2D eigenvalue weighted by molar-refractivity contribution is -0.136. The molecule has 1 saturated heterocycles. The van der Waals surface area contributed by atoms with Gasteiger partial charge in [0.1, 0.15) is 5.54 Å². The molecule has 1 unspecified atom stereocenters. The summed E-state index contributed by atoms with van der Waals surface area (Å²) in [5.74, 6) is 0.260. The van der Waals surface area contributed by atoms with Crippen LogP contribution in [0.4, 0.5) is 0 Å². The van der Waals surface area contributed by atoms with Crippen molar-refractivity contribution in [2.45, 2.75) is 126 Å². The van der Waals surface area contributed by atoms with Crippen molar-refractivity contribution in [1.82, 2.24) is 19.9 Å².